The predicted molar refractivity (Wildman–Crippen MR) is 53.3 cm³/mol. The van der Waals surface area contributed by atoms with Gasteiger partial charge in [-0.15, -0.1) is 0 Å². The van der Waals surface area contributed by atoms with E-state index in [-0.39, 0.29) is 12.1 Å². The molecule has 2 atom stereocenters. The van der Waals surface area contributed by atoms with Crippen LogP contribution in [-0.4, -0.2) is 12.6 Å². The maximum atomic E-state index is 5.89. The number of hydrogen-bond acceptors (Lipinski definition) is 3. The second-order valence-electron chi connectivity index (χ2n) is 3.22. The Labute approximate surface area is 82.2 Å². The van der Waals surface area contributed by atoms with Crippen molar-refractivity contribution in [1.29, 1.82) is 0 Å². The fourth-order valence-electron chi connectivity index (χ4n) is 1.51. The van der Waals surface area contributed by atoms with Crippen LogP contribution in [0.25, 0.3) is 0 Å². The van der Waals surface area contributed by atoms with Crippen LogP contribution in [-0.2, 0) is 0 Å². The highest BCUT2D eigenvalue weighted by atomic mass is 35.5. The molecule has 1 aromatic carbocycles. The average molecular weight is 198 g/mol. The van der Waals surface area contributed by atoms with Crippen molar-refractivity contribution in [2.45, 2.75) is 12.1 Å². The van der Waals surface area contributed by atoms with Gasteiger partial charge in [0.2, 0.25) is 0 Å². The van der Waals surface area contributed by atoms with Gasteiger partial charge in [0, 0.05) is 17.6 Å². The molecular weight excluding hydrogens is 186 g/mol. The van der Waals surface area contributed by atoms with Gasteiger partial charge in [0.25, 0.3) is 0 Å². The molecule has 0 bridgehead atoms. The van der Waals surface area contributed by atoms with Gasteiger partial charge in [-0.25, -0.2) is 5.43 Å². The zero-order valence-corrected chi connectivity index (χ0v) is 7.88. The molecule has 0 radical (unpaired) electrons. The van der Waals surface area contributed by atoms with E-state index < -0.39 is 0 Å². The highest BCUT2D eigenvalue weighted by molar-refractivity contribution is 6.30. The fourth-order valence-corrected chi connectivity index (χ4v) is 1.64. The Balaban J connectivity index is 2.20. The van der Waals surface area contributed by atoms with E-state index in [0.29, 0.717) is 0 Å². The van der Waals surface area contributed by atoms with Crippen molar-refractivity contribution in [1.82, 2.24) is 10.9 Å². The minimum atomic E-state index is 0.126. The lowest BCUT2D eigenvalue weighted by molar-refractivity contribution is 0.551. The molecule has 4 heteroatoms. The van der Waals surface area contributed by atoms with Gasteiger partial charge in [0.15, 0.2) is 0 Å². The molecule has 1 aromatic rings. The van der Waals surface area contributed by atoms with Crippen LogP contribution in [0.3, 0.4) is 0 Å². The van der Waals surface area contributed by atoms with Crippen LogP contribution in [0.2, 0.25) is 5.02 Å². The Morgan fingerprint density at radius 3 is 2.54 bits per heavy atom. The van der Waals surface area contributed by atoms with Gasteiger partial charge in [-0.05, 0) is 17.7 Å². The van der Waals surface area contributed by atoms with E-state index >= 15 is 0 Å². The molecule has 2 unspecified atom stereocenters. The molecule has 0 aromatic heterocycles. The fraction of sp³-hybridized carbons (Fsp3) is 0.333. The average Bonchev–Trinajstić information content (AvgIpc) is 2.53. The molecule has 1 fully saturated rings. The molecule has 1 aliphatic heterocycles. The molecule has 0 saturated carbocycles. The van der Waals surface area contributed by atoms with Crippen molar-refractivity contribution in [2.24, 2.45) is 5.73 Å². The molecule has 4 N–H and O–H groups in total. The summed E-state index contributed by atoms with van der Waals surface area (Å²) < 4.78 is 0. The molecule has 1 heterocycles. The first kappa shape index (κ1) is 8.97. The third kappa shape index (κ3) is 1.84. The van der Waals surface area contributed by atoms with E-state index in [2.05, 4.69) is 10.9 Å². The van der Waals surface area contributed by atoms with Crippen LogP contribution in [0, 0.1) is 0 Å². The Morgan fingerprint density at radius 1 is 1.31 bits per heavy atom. The largest absolute Gasteiger partial charge is 0.325 e. The third-order valence-corrected chi connectivity index (χ3v) is 2.50. The molecule has 0 amide bonds. The molecule has 0 spiro atoms. The van der Waals surface area contributed by atoms with Gasteiger partial charge >= 0.3 is 0 Å². The zero-order valence-electron chi connectivity index (χ0n) is 7.13. The number of benzene rings is 1. The lowest BCUT2D eigenvalue weighted by Crippen LogP contribution is -2.29. The van der Waals surface area contributed by atoms with E-state index in [1.54, 1.807) is 0 Å². The SMILES string of the molecule is NC1CNNC1c1ccc(Cl)cc1. The summed E-state index contributed by atoms with van der Waals surface area (Å²) in [6.07, 6.45) is 0. The monoisotopic (exact) mass is 197 g/mol. The van der Waals surface area contributed by atoms with Gasteiger partial charge in [-0.3, -0.25) is 5.43 Å². The molecule has 1 saturated heterocycles. The molecular formula is C9H12ClN3. The molecule has 3 nitrogen and oxygen atoms in total. The summed E-state index contributed by atoms with van der Waals surface area (Å²) in [5.41, 5.74) is 13.2. The van der Waals surface area contributed by atoms with Crippen molar-refractivity contribution in [3.8, 4) is 0 Å². The lowest BCUT2D eigenvalue weighted by Gasteiger charge is -2.14. The Kier molecular flexibility index (Phi) is 2.51. The minimum Gasteiger partial charge on any atom is -0.325 e. The Bertz CT molecular complexity index is 285. The highest BCUT2D eigenvalue weighted by Gasteiger charge is 2.24. The first-order valence-electron chi connectivity index (χ1n) is 4.27. The predicted octanol–water partition coefficient (Wildman–Crippen LogP) is 0.816. The molecule has 2 rings (SSSR count). The summed E-state index contributed by atoms with van der Waals surface area (Å²) in [6, 6.07) is 8.06. The normalized spacial score (nSPS) is 27.8. The first-order chi connectivity index (χ1) is 6.27. The van der Waals surface area contributed by atoms with E-state index in [1.807, 2.05) is 24.3 Å². The Morgan fingerprint density at radius 2 is 2.00 bits per heavy atom. The van der Waals surface area contributed by atoms with Gasteiger partial charge in [-0.1, -0.05) is 23.7 Å². The molecule has 13 heavy (non-hydrogen) atoms. The van der Waals surface area contributed by atoms with Crippen LogP contribution in [0.4, 0.5) is 0 Å². The summed E-state index contributed by atoms with van der Waals surface area (Å²) in [6.45, 7) is 0.799. The van der Waals surface area contributed by atoms with E-state index in [0.717, 1.165) is 11.6 Å². The maximum absolute atomic E-state index is 5.89. The van der Waals surface area contributed by atoms with Crippen LogP contribution >= 0.6 is 11.6 Å². The second-order valence-corrected chi connectivity index (χ2v) is 3.65. The smallest absolute Gasteiger partial charge is 0.0626 e. The summed E-state index contributed by atoms with van der Waals surface area (Å²) in [7, 11) is 0. The van der Waals surface area contributed by atoms with Gasteiger partial charge in [0.05, 0.1) is 6.04 Å². The first-order valence-corrected chi connectivity index (χ1v) is 4.64. The topological polar surface area (TPSA) is 50.1 Å². The van der Waals surface area contributed by atoms with Crippen LogP contribution in [0.15, 0.2) is 24.3 Å². The quantitative estimate of drug-likeness (QED) is 0.625. The van der Waals surface area contributed by atoms with Crippen molar-refractivity contribution < 1.29 is 0 Å². The van der Waals surface area contributed by atoms with Gasteiger partial charge in [0.1, 0.15) is 0 Å². The van der Waals surface area contributed by atoms with Crippen molar-refractivity contribution in [2.75, 3.05) is 6.54 Å². The minimum absolute atomic E-state index is 0.126. The number of hydrazine groups is 1. The number of nitrogens with one attached hydrogen (secondary N) is 2. The number of nitrogens with two attached hydrogens (primary N) is 1. The maximum Gasteiger partial charge on any atom is 0.0626 e. The summed E-state index contributed by atoms with van der Waals surface area (Å²) in [5.74, 6) is 0. The van der Waals surface area contributed by atoms with E-state index in [9.17, 15) is 0 Å². The van der Waals surface area contributed by atoms with Crippen molar-refractivity contribution in [3.63, 3.8) is 0 Å². The van der Waals surface area contributed by atoms with E-state index in [4.69, 9.17) is 17.3 Å². The summed E-state index contributed by atoms with van der Waals surface area (Å²) >= 11 is 5.79. The Hall–Kier alpha value is -0.610. The standard InChI is InChI=1S/C9H12ClN3/c10-7-3-1-6(2-4-7)9-8(11)5-12-13-9/h1-4,8-9,12-13H,5,11H2. The van der Waals surface area contributed by atoms with E-state index in [1.165, 1.54) is 5.56 Å². The molecule has 70 valence electrons. The highest BCUT2D eigenvalue weighted by Crippen LogP contribution is 2.19. The number of hydrogen-bond donors (Lipinski definition) is 3. The number of rotatable bonds is 1. The molecule has 0 aliphatic carbocycles. The summed E-state index contributed by atoms with van der Waals surface area (Å²) in [5, 5.41) is 0.753. The summed E-state index contributed by atoms with van der Waals surface area (Å²) in [4.78, 5) is 0. The molecule has 1 aliphatic rings. The van der Waals surface area contributed by atoms with Crippen LogP contribution in [0.5, 0.6) is 0 Å². The number of halogens is 1. The van der Waals surface area contributed by atoms with Crippen molar-refractivity contribution >= 4 is 11.6 Å². The zero-order chi connectivity index (χ0) is 9.26. The second kappa shape index (κ2) is 3.64. The van der Waals surface area contributed by atoms with Crippen LogP contribution in [0.1, 0.15) is 11.6 Å². The van der Waals surface area contributed by atoms with Crippen LogP contribution < -0.4 is 16.6 Å². The van der Waals surface area contributed by atoms with Gasteiger partial charge < -0.3 is 5.73 Å². The van der Waals surface area contributed by atoms with Gasteiger partial charge in [-0.2, -0.15) is 0 Å². The third-order valence-electron chi connectivity index (χ3n) is 2.25. The lowest BCUT2D eigenvalue weighted by atomic mass is 10.0. The van der Waals surface area contributed by atoms with Crippen molar-refractivity contribution in [3.05, 3.63) is 34.9 Å².